The monoisotopic (exact) mass is 604 g/mol. The molecule has 40 heavy (non-hydrogen) atoms. The van der Waals surface area contributed by atoms with Crippen LogP contribution < -0.4 is 4.89 Å². The van der Waals surface area contributed by atoms with Crippen LogP contribution in [0, 0.1) is 16.2 Å². The highest BCUT2D eigenvalue weighted by atomic mass is 31.2. The molecule has 0 aliphatic rings. The predicted octanol–water partition coefficient (Wildman–Crippen LogP) is 10.3. The molecule has 0 N–H and O–H groups in total. The summed E-state index contributed by atoms with van der Waals surface area (Å²) in [6.45, 7) is 33.4. The fraction of sp³-hybridized carbons (Fsp3) is 1.00. The fourth-order valence-electron chi connectivity index (χ4n) is 1.93. The molecule has 0 saturated heterocycles. The summed E-state index contributed by atoms with van der Waals surface area (Å²) < 4.78 is 21.0. The minimum Gasteiger partial charge on any atom is -0.756 e. The Bertz CT molecular complexity index is 542. The number of rotatable bonds is 9. The molecule has 0 aromatic rings. The first kappa shape index (κ1) is 55.9. The summed E-state index contributed by atoms with van der Waals surface area (Å²) in [7, 11) is 7.32. The van der Waals surface area contributed by atoms with Gasteiger partial charge in [-0.3, -0.25) is 9.09 Å². The summed E-state index contributed by atoms with van der Waals surface area (Å²) in [6, 6.07) is 0. The maximum absolute atomic E-state index is 10.7. The first-order valence-corrected chi connectivity index (χ1v) is 16.2. The maximum atomic E-state index is 10.7. The van der Waals surface area contributed by atoms with Gasteiger partial charge >= 0.3 is 0 Å². The number of nitrogens with zero attached hydrogens (tertiary/aromatic N) is 2. The number of quaternary nitrogens is 2. The molecule has 0 rings (SSSR count). The molecule has 0 aliphatic heterocycles. The third-order valence-corrected chi connectivity index (χ3v) is 7.00. The highest BCUT2D eigenvalue weighted by Crippen LogP contribution is 2.37. The van der Waals surface area contributed by atoms with Crippen LogP contribution in [0.4, 0.5) is 0 Å². The van der Waals surface area contributed by atoms with Crippen LogP contribution in [0.5, 0.6) is 0 Å². The molecule has 254 valence electrons. The van der Waals surface area contributed by atoms with Crippen molar-refractivity contribution >= 4 is 7.82 Å². The van der Waals surface area contributed by atoms with Gasteiger partial charge in [-0.25, -0.2) is 0 Å². The van der Waals surface area contributed by atoms with Gasteiger partial charge in [0.25, 0.3) is 7.82 Å². The van der Waals surface area contributed by atoms with Crippen LogP contribution in [0.2, 0.25) is 0 Å². The third kappa shape index (κ3) is 61.9. The zero-order valence-electron chi connectivity index (χ0n) is 30.1. The highest BCUT2D eigenvalue weighted by molar-refractivity contribution is 7.45. The van der Waals surface area contributed by atoms with Crippen LogP contribution in [-0.4, -0.2) is 71.1 Å². The van der Waals surface area contributed by atoms with Crippen molar-refractivity contribution in [3.8, 4) is 0 Å². The molecule has 0 bridgehead atoms. The molecule has 0 aromatic carbocycles. The maximum Gasteiger partial charge on any atom is 0.272 e. The van der Waals surface area contributed by atoms with E-state index >= 15 is 0 Å². The highest BCUT2D eigenvalue weighted by Gasteiger charge is 2.23. The van der Waals surface area contributed by atoms with Gasteiger partial charge in [-0.1, -0.05) is 124 Å². The molecular formula is C33H84N2O4P+. The first-order valence-electron chi connectivity index (χ1n) is 14.8. The van der Waals surface area contributed by atoms with Crippen molar-refractivity contribution < 1.29 is 27.5 Å². The number of unbranched alkanes of at least 4 members (excludes halogenated alkanes) is 1. The molecule has 0 aromatic heterocycles. The van der Waals surface area contributed by atoms with Gasteiger partial charge in [0.1, 0.15) is 0 Å². The van der Waals surface area contributed by atoms with Gasteiger partial charge in [-0.2, -0.15) is 0 Å². The summed E-state index contributed by atoms with van der Waals surface area (Å²) in [5.74, 6) is 0. The lowest BCUT2D eigenvalue weighted by molar-refractivity contribution is -0.904. The van der Waals surface area contributed by atoms with Crippen molar-refractivity contribution in [2.24, 2.45) is 16.2 Å². The molecule has 0 saturated carbocycles. The summed E-state index contributed by atoms with van der Waals surface area (Å²) in [6.07, 6.45) is 6.51. The van der Waals surface area contributed by atoms with Gasteiger partial charge in [-0.15, -0.1) is 0 Å². The quantitative estimate of drug-likeness (QED) is 0.149. The van der Waals surface area contributed by atoms with Crippen molar-refractivity contribution in [1.29, 1.82) is 0 Å². The van der Waals surface area contributed by atoms with E-state index in [-0.39, 0.29) is 21.6 Å². The zero-order chi connectivity index (χ0) is 32.1. The Hall–Kier alpha value is 0.0300. The van der Waals surface area contributed by atoms with Crippen molar-refractivity contribution in [1.82, 2.24) is 0 Å². The Morgan fingerprint density at radius 3 is 1.12 bits per heavy atom. The predicted molar refractivity (Wildman–Crippen MR) is 184 cm³/mol. The van der Waals surface area contributed by atoms with Gasteiger partial charge in [0, 0.05) is 7.11 Å². The number of hydrogen-bond donors (Lipinski definition) is 0. The summed E-state index contributed by atoms with van der Waals surface area (Å²) in [5, 5.41) is 0. The molecule has 0 heterocycles. The molecule has 1 unspecified atom stereocenters. The van der Waals surface area contributed by atoms with Crippen LogP contribution in [0.15, 0.2) is 0 Å². The molecule has 6 nitrogen and oxygen atoms in total. The topological polar surface area (TPSA) is 58.6 Å². The van der Waals surface area contributed by atoms with Gasteiger partial charge in [-0.05, 0) is 36.5 Å². The van der Waals surface area contributed by atoms with E-state index in [4.69, 9.17) is 0 Å². The van der Waals surface area contributed by atoms with Gasteiger partial charge in [0.05, 0.1) is 48.3 Å². The second kappa shape index (κ2) is 26.6. The number of phosphoric ester groups is 1. The average molecular weight is 604 g/mol. The summed E-state index contributed by atoms with van der Waals surface area (Å²) in [4.78, 5) is 10.7. The Morgan fingerprint density at radius 1 is 0.675 bits per heavy atom. The molecule has 0 spiro atoms. The summed E-state index contributed by atoms with van der Waals surface area (Å²) >= 11 is 0. The van der Waals surface area contributed by atoms with Gasteiger partial charge < -0.3 is 18.4 Å². The molecule has 1 atom stereocenters. The lowest BCUT2D eigenvalue weighted by Gasteiger charge is -2.31. The standard InChI is InChI=1S/C10H22.C6H16NO4P.C6H14.C5H14N.C4H10.2CH4/c1-7-10(5,6)8-9(2,3)4;1-5-7(2,3)6-11-12(8,9)10-4;2*1-5-6(2,3)4;1-3-4-2;;/h7-8H2,1-6H3;5-6H2,1-4H3;2*5H2,1-4H3;3-4H2,1-2H3;2*1H4/q;;;+1;;;. The van der Waals surface area contributed by atoms with Crippen molar-refractivity contribution in [2.45, 2.75) is 144 Å². The van der Waals surface area contributed by atoms with Crippen LogP contribution >= 0.6 is 7.82 Å². The van der Waals surface area contributed by atoms with E-state index in [9.17, 15) is 9.46 Å². The second-order valence-electron chi connectivity index (χ2n) is 14.9. The Morgan fingerprint density at radius 2 is 1.00 bits per heavy atom. The van der Waals surface area contributed by atoms with Crippen LogP contribution in [0.25, 0.3) is 0 Å². The van der Waals surface area contributed by atoms with E-state index in [0.717, 1.165) is 18.1 Å². The molecule has 0 aliphatic carbocycles. The van der Waals surface area contributed by atoms with Crippen molar-refractivity contribution in [2.75, 3.05) is 62.2 Å². The number of hydrogen-bond acceptors (Lipinski definition) is 4. The Kier molecular flexibility index (Phi) is 37.2. The van der Waals surface area contributed by atoms with Crippen LogP contribution in [0.3, 0.4) is 0 Å². The Labute approximate surface area is 257 Å². The molecule has 0 radical (unpaired) electrons. The Balaban J connectivity index is -0.0000000706. The van der Waals surface area contributed by atoms with E-state index in [1.165, 1.54) is 38.6 Å². The average Bonchev–Trinajstić information content (AvgIpc) is 2.77. The van der Waals surface area contributed by atoms with Crippen molar-refractivity contribution in [3.63, 3.8) is 0 Å². The SMILES string of the molecule is C.C.CCC(C)(C)C.CCC(C)(C)CC(C)(C)C.CCCC.CC[N+](C)(C)C.CC[N+](C)(C)COP(=O)([O-])OC. The zero-order valence-corrected chi connectivity index (χ0v) is 31.0. The lowest BCUT2D eigenvalue weighted by atomic mass is 9.75. The van der Waals surface area contributed by atoms with Gasteiger partial charge in [0.2, 0.25) is 0 Å². The lowest BCUT2D eigenvalue weighted by Crippen LogP contribution is -2.41. The molecule has 0 fully saturated rings. The summed E-state index contributed by atoms with van der Waals surface area (Å²) in [5.41, 5.74) is 1.55. The normalized spacial score (nSPS) is 13.0. The second-order valence-corrected chi connectivity index (χ2v) is 16.4. The van der Waals surface area contributed by atoms with E-state index in [1.807, 2.05) is 21.0 Å². The van der Waals surface area contributed by atoms with Crippen LogP contribution in [-0.2, 0) is 13.6 Å². The smallest absolute Gasteiger partial charge is 0.272 e. The first-order chi connectivity index (χ1) is 16.6. The molecule has 7 heteroatoms. The molecule has 0 amide bonds. The van der Waals surface area contributed by atoms with Crippen molar-refractivity contribution in [3.05, 3.63) is 0 Å². The van der Waals surface area contributed by atoms with E-state index < -0.39 is 7.82 Å². The van der Waals surface area contributed by atoms with Crippen LogP contribution in [0.1, 0.15) is 144 Å². The van der Waals surface area contributed by atoms with E-state index in [2.05, 4.69) is 120 Å². The largest absolute Gasteiger partial charge is 0.756 e. The third-order valence-electron chi connectivity index (χ3n) is 6.12. The van der Waals surface area contributed by atoms with Gasteiger partial charge in [0.15, 0.2) is 6.73 Å². The molecular weight excluding hydrogens is 519 g/mol. The van der Waals surface area contributed by atoms with E-state index in [0.29, 0.717) is 20.7 Å². The number of phosphoric acid groups is 1. The minimum atomic E-state index is -4.05. The fourth-order valence-corrected chi connectivity index (χ4v) is 2.49. The minimum absolute atomic E-state index is 0. The van der Waals surface area contributed by atoms with E-state index in [1.54, 1.807) is 0 Å².